The van der Waals surface area contributed by atoms with Crippen LogP contribution in [-0.4, -0.2) is 60.5 Å². The molecule has 0 saturated carbocycles. The lowest BCUT2D eigenvalue weighted by Gasteiger charge is -2.31. The molecule has 9 heteroatoms. The Labute approximate surface area is 169 Å². The van der Waals surface area contributed by atoms with Gasteiger partial charge < -0.3 is 14.8 Å². The number of benzene rings is 1. The zero-order valence-corrected chi connectivity index (χ0v) is 16.6. The number of carbonyl (C=O) groups excluding carboxylic acids is 2. The van der Waals surface area contributed by atoms with Gasteiger partial charge in [-0.15, -0.1) is 0 Å². The molecule has 0 radical (unpaired) electrons. The number of rotatable bonds is 7. The number of aromatic nitrogens is 2. The minimum absolute atomic E-state index is 0.0258. The molecular formula is C20H25N5O4. The second kappa shape index (κ2) is 9.83. The summed E-state index contributed by atoms with van der Waals surface area (Å²) >= 11 is 0. The number of ether oxygens (including phenoxy) is 2. The minimum Gasteiger partial charge on any atom is -0.481 e. The summed E-state index contributed by atoms with van der Waals surface area (Å²) in [5, 5.41) is 5.60. The number of hydrogen-bond acceptors (Lipinski definition) is 7. The lowest BCUT2D eigenvalue weighted by molar-refractivity contribution is -0.123. The molecule has 0 aliphatic carbocycles. The van der Waals surface area contributed by atoms with Crippen LogP contribution in [0.5, 0.6) is 11.8 Å². The van der Waals surface area contributed by atoms with Crippen molar-refractivity contribution in [3.05, 3.63) is 36.4 Å². The molecule has 0 bridgehead atoms. The standard InChI is InChI=1S/C20H25N5O4/c1-28-17-11-18(29-2)24-20(23-17)22-16(26)13-25-10-6-7-14(12-25)19(27)21-15-8-4-3-5-9-15/h3-5,8-9,11,14H,6-7,10,12-13H2,1-2H3,(H,21,27)(H,22,23,24,26)/t14-/m1/s1. The van der Waals surface area contributed by atoms with Crippen LogP contribution in [0.2, 0.25) is 0 Å². The summed E-state index contributed by atoms with van der Waals surface area (Å²) in [5.41, 5.74) is 0.775. The van der Waals surface area contributed by atoms with E-state index in [0.29, 0.717) is 18.3 Å². The number of carbonyl (C=O) groups is 2. The third kappa shape index (κ3) is 5.89. The molecule has 1 saturated heterocycles. The second-order valence-electron chi connectivity index (χ2n) is 6.75. The average molecular weight is 399 g/mol. The van der Waals surface area contributed by atoms with Gasteiger partial charge in [0.25, 0.3) is 0 Å². The van der Waals surface area contributed by atoms with E-state index >= 15 is 0 Å². The van der Waals surface area contributed by atoms with Gasteiger partial charge in [0.2, 0.25) is 29.5 Å². The quantitative estimate of drug-likeness (QED) is 0.731. The van der Waals surface area contributed by atoms with E-state index in [4.69, 9.17) is 9.47 Å². The number of likely N-dealkylation sites (tertiary alicyclic amines) is 1. The van der Waals surface area contributed by atoms with Gasteiger partial charge in [-0.25, -0.2) is 0 Å². The van der Waals surface area contributed by atoms with E-state index in [2.05, 4.69) is 20.6 Å². The van der Waals surface area contributed by atoms with Crippen molar-refractivity contribution < 1.29 is 19.1 Å². The van der Waals surface area contributed by atoms with Gasteiger partial charge in [0.15, 0.2) is 0 Å². The molecule has 29 heavy (non-hydrogen) atoms. The molecule has 1 aliphatic heterocycles. The summed E-state index contributed by atoms with van der Waals surface area (Å²) in [6, 6.07) is 10.9. The Bertz CT molecular complexity index is 824. The molecule has 3 rings (SSSR count). The summed E-state index contributed by atoms with van der Waals surface area (Å²) in [7, 11) is 2.95. The second-order valence-corrected chi connectivity index (χ2v) is 6.75. The molecule has 9 nitrogen and oxygen atoms in total. The molecule has 154 valence electrons. The fourth-order valence-electron chi connectivity index (χ4n) is 3.22. The Hall–Kier alpha value is -3.20. The predicted molar refractivity (Wildman–Crippen MR) is 108 cm³/mol. The summed E-state index contributed by atoms with van der Waals surface area (Å²) in [4.78, 5) is 35.1. The molecule has 1 fully saturated rings. The first-order valence-electron chi connectivity index (χ1n) is 9.42. The van der Waals surface area contributed by atoms with Crippen LogP contribution in [-0.2, 0) is 9.59 Å². The molecule has 2 heterocycles. The van der Waals surface area contributed by atoms with Gasteiger partial charge in [-0.1, -0.05) is 18.2 Å². The largest absolute Gasteiger partial charge is 0.481 e. The minimum atomic E-state index is -0.260. The van der Waals surface area contributed by atoms with Gasteiger partial charge in [0.1, 0.15) is 0 Å². The van der Waals surface area contributed by atoms with E-state index < -0.39 is 0 Å². The van der Waals surface area contributed by atoms with Gasteiger partial charge >= 0.3 is 0 Å². The van der Waals surface area contributed by atoms with Crippen LogP contribution >= 0.6 is 0 Å². The normalized spacial score (nSPS) is 16.7. The van der Waals surface area contributed by atoms with Crippen LogP contribution in [0.4, 0.5) is 11.6 Å². The monoisotopic (exact) mass is 399 g/mol. The molecule has 1 aliphatic rings. The highest BCUT2D eigenvalue weighted by molar-refractivity contribution is 5.93. The Morgan fingerprint density at radius 3 is 2.45 bits per heavy atom. The van der Waals surface area contributed by atoms with Crippen molar-refractivity contribution in [3.63, 3.8) is 0 Å². The van der Waals surface area contributed by atoms with Crippen molar-refractivity contribution in [2.45, 2.75) is 12.8 Å². The maximum atomic E-state index is 12.5. The number of piperidine rings is 1. The van der Waals surface area contributed by atoms with Gasteiger partial charge in [-0.2, -0.15) is 9.97 Å². The van der Waals surface area contributed by atoms with Crippen LogP contribution in [0.3, 0.4) is 0 Å². The lowest BCUT2D eigenvalue weighted by atomic mass is 9.97. The zero-order chi connectivity index (χ0) is 20.6. The Kier molecular flexibility index (Phi) is 6.96. The number of para-hydroxylation sites is 1. The molecule has 1 aromatic heterocycles. The molecule has 2 N–H and O–H groups in total. The first-order valence-corrected chi connectivity index (χ1v) is 9.42. The molecule has 0 spiro atoms. The van der Waals surface area contributed by atoms with Crippen molar-refractivity contribution in [1.29, 1.82) is 0 Å². The van der Waals surface area contributed by atoms with Crippen molar-refractivity contribution in [3.8, 4) is 11.8 Å². The molecule has 1 atom stereocenters. The lowest BCUT2D eigenvalue weighted by Crippen LogP contribution is -2.44. The first-order chi connectivity index (χ1) is 14.1. The van der Waals surface area contributed by atoms with Crippen molar-refractivity contribution in [1.82, 2.24) is 14.9 Å². The highest BCUT2D eigenvalue weighted by Crippen LogP contribution is 2.20. The average Bonchev–Trinajstić information content (AvgIpc) is 2.74. The summed E-state index contributed by atoms with van der Waals surface area (Å²) in [6.45, 7) is 1.43. The summed E-state index contributed by atoms with van der Waals surface area (Å²) < 4.78 is 10.2. The van der Waals surface area contributed by atoms with E-state index in [-0.39, 0.29) is 30.2 Å². The van der Waals surface area contributed by atoms with Gasteiger partial charge in [0.05, 0.1) is 32.7 Å². The topological polar surface area (TPSA) is 106 Å². The van der Waals surface area contributed by atoms with E-state index in [9.17, 15) is 9.59 Å². The highest BCUT2D eigenvalue weighted by atomic mass is 16.5. The zero-order valence-electron chi connectivity index (χ0n) is 16.6. The fourth-order valence-corrected chi connectivity index (χ4v) is 3.22. The maximum absolute atomic E-state index is 12.5. The molecule has 1 aromatic carbocycles. The van der Waals surface area contributed by atoms with Crippen molar-refractivity contribution in [2.24, 2.45) is 5.92 Å². The van der Waals surface area contributed by atoms with Gasteiger partial charge in [0, 0.05) is 12.2 Å². The van der Waals surface area contributed by atoms with Crippen molar-refractivity contribution >= 4 is 23.5 Å². The van der Waals surface area contributed by atoms with Gasteiger partial charge in [-0.05, 0) is 31.5 Å². The third-order valence-corrected chi connectivity index (χ3v) is 4.63. The van der Waals surface area contributed by atoms with Crippen LogP contribution in [0.1, 0.15) is 12.8 Å². The molecule has 0 unspecified atom stereocenters. The van der Waals surface area contributed by atoms with Crippen LogP contribution in [0, 0.1) is 5.92 Å². The Morgan fingerprint density at radius 2 is 1.79 bits per heavy atom. The Morgan fingerprint density at radius 1 is 1.10 bits per heavy atom. The van der Waals surface area contributed by atoms with E-state index in [1.54, 1.807) is 0 Å². The summed E-state index contributed by atoms with van der Waals surface area (Å²) in [5.74, 6) is 0.253. The molecule has 2 aromatic rings. The molecule has 2 amide bonds. The van der Waals surface area contributed by atoms with E-state index in [1.807, 2.05) is 35.2 Å². The number of methoxy groups -OCH3 is 2. The maximum Gasteiger partial charge on any atom is 0.240 e. The van der Waals surface area contributed by atoms with Crippen LogP contribution in [0.25, 0.3) is 0 Å². The van der Waals surface area contributed by atoms with Gasteiger partial charge in [-0.3, -0.25) is 19.8 Å². The number of nitrogens with zero attached hydrogens (tertiary/aromatic N) is 3. The number of nitrogens with one attached hydrogen (secondary N) is 2. The van der Waals surface area contributed by atoms with Crippen LogP contribution < -0.4 is 20.1 Å². The SMILES string of the molecule is COc1cc(OC)nc(NC(=O)CN2CCC[C@@H](C(=O)Nc3ccccc3)C2)n1. The van der Waals surface area contributed by atoms with Crippen LogP contribution in [0.15, 0.2) is 36.4 Å². The fraction of sp³-hybridized carbons (Fsp3) is 0.400. The van der Waals surface area contributed by atoms with E-state index in [0.717, 1.165) is 25.1 Å². The van der Waals surface area contributed by atoms with E-state index in [1.165, 1.54) is 20.3 Å². The van der Waals surface area contributed by atoms with Crippen molar-refractivity contribution in [2.75, 3.05) is 44.5 Å². The number of hydrogen-bond donors (Lipinski definition) is 2. The first kappa shape index (κ1) is 20.5. The predicted octanol–water partition coefficient (Wildman–Crippen LogP) is 1.78. The molecular weight excluding hydrogens is 374 g/mol. The number of amides is 2. The third-order valence-electron chi connectivity index (χ3n) is 4.63. The Balaban J connectivity index is 1.54. The highest BCUT2D eigenvalue weighted by Gasteiger charge is 2.27. The number of anilines is 2. The smallest absolute Gasteiger partial charge is 0.240 e. The summed E-state index contributed by atoms with van der Waals surface area (Å²) in [6.07, 6.45) is 1.65.